The second-order valence-corrected chi connectivity index (χ2v) is 4.44. The van der Waals surface area contributed by atoms with Gasteiger partial charge in [0.15, 0.2) is 5.92 Å². The fraction of sp³-hybridized carbons (Fsp3) is 0.700. The predicted octanol–water partition coefficient (Wildman–Crippen LogP) is 1.84. The van der Waals surface area contributed by atoms with Crippen molar-refractivity contribution in [2.75, 3.05) is 0 Å². The maximum atomic E-state index is 12.6. The van der Waals surface area contributed by atoms with Crippen LogP contribution < -0.4 is 11.3 Å². The lowest BCUT2D eigenvalue weighted by Crippen LogP contribution is -2.54. The minimum absolute atomic E-state index is 0.226. The summed E-state index contributed by atoms with van der Waals surface area (Å²) in [6.07, 6.45) is -11.4. The van der Waals surface area contributed by atoms with Gasteiger partial charge in [-0.25, -0.2) is 0 Å². The maximum absolute atomic E-state index is 12.6. The van der Waals surface area contributed by atoms with Crippen molar-refractivity contribution in [1.82, 2.24) is 15.2 Å². The third-order valence-corrected chi connectivity index (χ3v) is 2.85. The van der Waals surface area contributed by atoms with Crippen LogP contribution >= 0.6 is 0 Å². The molecule has 1 unspecified atom stereocenters. The Hall–Kier alpha value is -1.29. The first-order valence-electron chi connectivity index (χ1n) is 5.56. The van der Waals surface area contributed by atoms with Crippen molar-refractivity contribution >= 4 is 0 Å². The molecule has 3 N–H and O–H groups in total. The normalized spacial score (nSPS) is 14.9. The Morgan fingerprint density at radius 1 is 1.25 bits per heavy atom. The number of nitrogens with one attached hydrogen (secondary N) is 1. The molecular weight excluding hydrogens is 290 g/mol. The van der Waals surface area contributed by atoms with Gasteiger partial charge in [-0.1, -0.05) is 0 Å². The summed E-state index contributed by atoms with van der Waals surface area (Å²) >= 11 is 0. The van der Waals surface area contributed by atoms with Crippen LogP contribution in [0.2, 0.25) is 0 Å². The van der Waals surface area contributed by atoms with Gasteiger partial charge in [0.2, 0.25) is 0 Å². The number of hydrazine groups is 1. The lowest BCUT2D eigenvalue weighted by molar-refractivity contribution is -0.291. The molecule has 0 amide bonds. The summed E-state index contributed by atoms with van der Waals surface area (Å²) in [5, 5.41) is 3.87. The van der Waals surface area contributed by atoms with Crippen LogP contribution in [-0.4, -0.2) is 28.2 Å². The zero-order valence-corrected chi connectivity index (χ0v) is 10.7. The standard InChI is InChI=1S/C10H14F6N4/c1-5-3-6(20(2)19-5)4-7(18-17)8(9(11,12)13)10(14,15)16/h3,7-8,18H,4,17H2,1-2H3. The lowest BCUT2D eigenvalue weighted by Gasteiger charge is -2.30. The maximum Gasteiger partial charge on any atom is 0.402 e. The Morgan fingerprint density at radius 3 is 2.05 bits per heavy atom. The molecule has 1 aromatic heterocycles. The minimum atomic E-state index is -5.44. The summed E-state index contributed by atoms with van der Waals surface area (Å²) < 4.78 is 77.0. The number of nitrogens with two attached hydrogens (primary N) is 1. The molecule has 0 spiro atoms. The average molecular weight is 304 g/mol. The van der Waals surface area contributed by atoms with Crippen LogP contribution in [0, 0.1) is 12.8 Å². The molecule has 1 aromatic rings. The highest BCUT2D eigenvalue weighted by Crippen LogP contribution is 2.41. The molecule has 0 bridgehead atoms. The molecule has 0 saturated carbocycles. The molecule has 0 aliphatic heterocycles. The molecule has 4 nitrogen and oxygen atoms in total. The van der Waals surface area contributed by atoms with E-state index in [1.165, 1.54) is 17.8 Å². The summed E-state index contributed by atoms with van der Waals surface area (Å²) in [5.41, 5.74) is 2.34. The molecule has 20 heavy (non-hydrogen) atoms. The Kier molecular flexibility index (Phi) is 4.70. The first kappa shape index (κ1) is 16.8. The van der Waals surface area contributed by atoms with Crippen LogP contribution in [-0.2, 0) is 13.5 Å². The summed E-state index contributed by atoms with van der Waals surface area (Å²) in [6, 6.07) is -0.612. The molecule has 10 heteroatoms. The number of alkyl halides is 6. The Bertz CT molecular complexity index is 436. The van der Waals surface area contributed by atoms with Gasteiger partial charge >= 0.3 is 12.4 Å². The zero-order valence-electron chi connectivity index (χ0n) is 10.7. The smallest absolute Gasteiger partial charge is 0.272 e. The fourth-order valence-electron chi connectivity index (χ4n) is 2.00. The van der Waals surface area contributed by atoms with Crippen molar-refractivity contribution in [3.63, 3.8) is 0 Å². The first-order valence-corrected chi connectivity index (χ1v) is 5.56. The highest BCUT2D eigenvalue weighted by molar-refractivity contribution is 5.11. The molecule has 0 aliphatic carbocycles. The van der Waals surface area contributed by atoms with Gasteiger partial charge in [-0.05, 0) is 13.0 Å². The first-order chi connectivity index (χ1) is 8.96. The number of rotatable bonds is 4. The highest BCUT2D eigenvalue weighted by Gasteiger charge is 2.60. The predicted molar refractivity (Wildman–Crippen MR) is 58.4 cm³/mol. The van der Waals surface area contributed by atoms with Crippen LogP contribution in [0.1, 0.15) is 11.4 Å². The van der Waals surface area contributed by atoms with Gasteiger partial charge in [-0.3, -0.25) is 16.0 Å². The summed E-state index contributed by atoms with van der Waals surface area (Å²) in [7, 11) is 1.44. The monoisotopic (exact) mass is 304 g/mol. The minimum Gasteiger partial charge on any atom is -0.272 e. The molecule has 0 saturated heterocycles. The summed E-state index contributed by atoms with van der Waals surface area (Å²) in [6.45, 7) is 1.58. The number of aryl methyl sites for hydroxylation is 2. The number of halogens is 6. The number of aromatic nitrogens is 2. The Labute approximate surface area is 110 Å². The molecule has 0 radical (unpaired) electrons. The van der Waals surface area contributed by atoms with Gasteiger partial charge in [0.1, 0.15) is 0 Å². The molecule has 1 atom stereocenters. The average Bonchev–Trinajstić information content (AvgIpc) is 2.52. The van der Waals surface area contributed by atoms with Gasteiger partial charge in [0, 0.05) is 25.2 Å². The van der Waals surface area contributed by atoms with Crippen molar-refractivity contribution in [1.29, 1.82) is 0 Å². The molecule has 0 aliphatic rings. The van der Waals surface area contributed by atoms with E-state index in [1.807, 2.05) is 0 Å². The van der Waals surface area contributed by atoms with Crippen LogP contribution in [0.25, 0.3) is 0 Å². The van der Waals surface area contributed by atoms with E-state index in [2.05, 4.69) is 5.10 Å². The van der Waals surface area contributed by atoms with E-state index in [-0.39, 0.29) is 5.69 Å². The van der Waals surface area contributed by atoms with Gasteiger partial charge in [0.25, 0.3) is 0 Å². The quantitative estimate of drug-likeness (QED) is 0.507. The highest BCUT2D eigenvalue weighted by atomic mass is 19.4. The van der Waals surface area contributed by atoms with Gasteiger partial charge in [-0.15, -0.1) is 0 Å². The Balaban J connectivity index is 3.06. The van der Waals surface area contributed by atoms with Crippen LogP contribution in [0.15, 0.2) is 6.07 Å². The molecule has 1 heterocycles. The van der Waals surface area contributed by atoms with E-state index in [1.54, 1.807) is 12.3 Å². The number of nitrogens with zero attached hydrogens (tertiary/aromatic N) is 2. The Morgan fingerprint density at radius 2 is 1.75 bits per heavy atom. The van der Waals surface area contributed by atoms with Crippen molar-refractivity contribution in [2.45, 2.75) is 31.7 Å². The van der Waals surface area contributed by atoms with Crippen LogP contribution in [0.4, 0.5) is 26.3 Å². The van der Waals surface area contributed by atoms with E-state index in [9.17, 15) is 26.3 Å². The topological polar surface area (TPSA) is 55.9 Å². The lowest BCUT2D eigenvalue weighted by atomic mass is 9.94. The third-order valence-electron chi connectivity index (χ3n) is 2.85. The van der Waals surface area contributed by atoms with E-state index in [0.29, 0.717) is 5.69 Å². The SMILES string of the molecule is Cc1cc(CC(NN)C(C(F)(F)F)C(F)(F)F)n(C)n1. The fourth-order valence-corrected chi connectivity index (χ4v) is 2.00. The summed E-state index contributed by atoms with van der Waals surface area (Å²) in [5.74, 6) is 1.35. The van der Waals surface area contributed by atoms with E-state index >= 15 is 0 Å². The molecule has 116 valence electrons. The van der Waals surface area contributed by atoms with Gasteiger partial charge < -0.3 is 0 Å². The molecular formula is C10H14F6N4. The van der Waals surface area contributed by atoms with Crippen molar-refractivity contribution in [3.8, 4) is 0 Å². The summed E-state index contributed by atoms with van der Waals surface area (Å²) in [4.78, 5) is 0. The molecule has 1 rings (SSSR count). The zero-order chi connectivity index (χ0) is 15.7. The van der Waals surface area contributed by atoms with Gasteiger partial charge in [-0.2, -0.15) is 31.4 Å². The van der Waals surface area contributed by atoms with Crippen LogP contribution in [0.3, 0.4) is 0 Å². The van der Waals surface area contributed by atoms with E-state index in [0.717, 1.165) is 0 Å². The van der Waals surface area contributed by atoms with Crippen molar-refractivity contribution < 1.29 is 26.3 Å². The largest absolute Gasteiger partial charge is 0.402 e. The van der Waals surface area contributed by atoms with Gasteiger partial charge in [0.05, 0.1) is 5.69 Å². The van der Waals surface area contributed by atoms with Crippen molar-refractivity contribution in [2.24, 2.45) is 18.8 Å². The van der Waals surface area contributed by atoms with E-state index in [4.69, 9.17) is 5.84 Å². The molecule has 0 fully saturated rings. The van der Waals surface area contributed by atoms with Crippen LogP contribution in [0.5, 0.6) is 0 Å². The third kappa shape index (κ3) is 3.85. The van der Waals surface area contributed by atoms with E-state index < -0.39 is 30.7 Å². The number of hydrogen-bond acceptors (Lipinski definition) is 3. The second-order valence-electron chi connectivity index (χ2n) is 4.44. The molecule has 0 aromatic carbocycles. The number of hydrogen-bond donors (Lipinski definition) is 2. The second kappa shape index (κ2) is 5.60. The van der Waals surface area contributed by atoms with Crippen molar-refractivity contribution in [3.05, 3.63) is 17.5 Å².